The molecular formula is C17H30N2S. The lowest BCUT2D eigenvalue weighted by molar-refractivity contribution is 0.0379. The smallest absolute Gasteiger partial charge is 0.0601 e. The van der Waals surface area contributed by atoms with E-state index in [1.54, 1.807) is 0 Å². The molecular weight excluding hydrogens is 264 g/mol. The molecule has 1 aliphatic rings. The quantitative estimate of drug-likeness (QED) is 0.841. The van der Waals surface area contributed by atoms with Gasteiger partial charge in [0, 0.05) is 10.4 Å². The summed E-state index contributed by atoms with van der Waals surface area (Å²) >= 11 is 1.90. The Hall–Kier alpha value is -0.380. The summed E-state index contributed by atoms with van der Waals surface area (Å²) in [7, 11) is 4.54. The number of likely N-dealkylation sites (N-methyl/N-ethyl adjacent to an activating group) is 1. The second kappa shape index (κ2) is 7.06. The van der Waals surface area contributed by atoms with Gasteiger partial charge >= 0.3 is 0 Å². The first-order valence-electron chi connectivity index (χ1n) is 8.04. The zero-order chi connectivity index (χ0) is 14.6. The van der Waals surface area contributed by atoms with Gasteiger partial charge in [-0.15, -0.1) is 11.3 Å². The van der Waals surface area contributed by atoms with E-state index >= 15 is 0 Å². The average Bonchev–Trinajstić information content (AvgIpc) is 2.93. The van der Waals surface area contributed by atoms with Gasteiger partial charge in [-0.2, -0.15) is 0 Å². The summed E-state index contributed by atoms with van der Waals surface area (Å²) in [6, 6.07) is 4.97. The SMILES string of the molecule is CCCNC(c1cccs1)C1(N(C)C)CCCC(C)C1. The highest BCUT2D eigenvalue weighted by Crippen LogP contribution is 2.45. The first-order valence-corrected chi connectivity index (χ1v) is 8.92. The van der Waals surface area contributed by atoms with Crippen LogP contribution in [0.25, 0.3) is 0 Å². The van der Waals surface area contributed by atoms with E-state index in [1.165, 1.54) is 37.0 Å². The number of rotatable bonds is 6. The highest BCUT2D eigenvalue weighted by molar-refractivity contribution is 7.10. The Balaban J connectivity index is 2.31. The third-order valence-corrected chi connectivity index (χ3v) is 5.80. The molecule has 1 N–H and O–H groups in total. The summed E-state index contributed by atoms with van der Waals surface area (Å²) in [5, 5.41) is 6.07. The topological polar surface area (TPSA) is 15.3 Å². The minimum absolute atomic E-state index is 0.275. The molecule has 1 aromatic heterocycles. The van der Waals surface area contributed by atoms with Gasteiger partial charge < -0.3 is 10.2 Å². The van der Waals surface area contributed by atoms with Gasteiger partial charge in [-0.05, 0) is 57.3 Å². The van der Waals surface area contributed by atoms with Gasteiger partial charge in [-0.25, -0.2) is 0 Å². The Morgan fingerprint density at radius 2 is 2.30 bits per heavy atom. The molecule has 2 nitrogen and oxygen atoms in total. The van der Waals surface area contributed by atoms with E-state index in [4.69, 9.17) is 0 Å². The highest BCUT2D eigenvalue weighted by atomic mass is 32.1. The summed E-state index contributed by atoms with van der Waals surface area (Å²) in [5.41, 5.74) is 0.275. The van der Waals surface area contributed by atoms with Crippen LogP contribution in [-0.2, 0) is 0 Å². The summed E-state index contributed by atoms with van der Waals surface area (Å²) in [5.74, 6) is 0.831. The van der Waals surface area contributed by atoms with Crippen LogP contribution in [0.4, 0.5) is 0 Å². The van der Waals surface area contributed by atoms with Crippen molar-refractivity contribution >= 4 is 11.3 Å². The normalized spacial score (nSPS) is 28.8. The zero-order valence-corrected chi connectivity index (χ0v) is 14.3. The molecule has 3 unspecified atom stereocenters. The molecule has 3 atom stereocenters. The molecule has 114 valence electrons. The van der Waals surface area contributed by atoms with Crippen LogP contribution in [0.3, 0.4) is 0 Å². The van der Waals surface area contributed by atoms with Gasteiger partial charge in [-0.3, -0.25) is 0 Å². The Labute approximate surface area is 128 Å². The molecule has 0 radical (unpaired) electrons. The molecule has 1 aromatic rings. The van der Waals surface area contributed by atoms with Crippen molar-refractivity contribution in [3.05, 3.63) is 22.4 Å². The number of nitrogens with one attached hydrogen (secondary N) is 1. The van der Waals surface area contributed by atoms with Gasteiger partial charge in [-0.1, -0.05) is 32.8 Å². The van der Waals surface area contributed by atoms with E-state index in [1.807, 2.05) is 11.3 Å². The van der Waals surface area contributed by atoms with E-state index < -0.39 is 0 Å². The van der Waals surface area contributed by atoms with Crippen LogP contribution in [0.5, 0.6) is 0 Å². The van der Waals surface area contributed by atoms with Crippen LogP contribution in [0.15, 0.2) is 17.5 Å². The summed E-state index contributed by atoms with van der Waals surface area (Å²) < 4.78 is 0. The standard InChI is InChI=1S/C17H30N2S/c1-5-11-18-16(15-9-7-12-20-15)17(19(3)4)10-6-8-14(2)13-17/h7,9,12,14,16,18H,5-6,8,10-11,13H2,1-4H3. The molecule has 1 aliphatic carbocycles. The number of hydrogen-bond acceptors (Lipinski definition) is 3. The van der Waals surface area contributed by atoms with Crippen molar-refractivity contribution in [3.63, 3.8) is 0 Å². The van der Waals surface area contributed by atoms with Crippen molar-refractivity contribution in [2.75, 3.05) is 20.6 Å². The zero-order valence-electron chi connectivity index (χ0n) is 13.5. The maximum Gasteiger partial charge on any atom is 0.0601 e. The van der Waals surface area contributed by atoms with Crippen molar-refractivity contribution in [1.29, 1.82) is 0 Å². The molecule has 0 amide bonds. The Bertz CT molecular complexity index is 388. The molecule has 1 heterocycles. The Morgan fingerprint density at radius 1 is 1.50 bits per heavy atom. The molecule has 20 heavy (non-hydrogen) atoms. The first kappa shape index (κ1) is 16.0. The Kier molecular flexibility index (Phi) is 5.65. The molecule has 0 bridgehead atoms. The third kappa shape index (κ3) is 3.26. The van der Waals surface area contributed by atoms with Gasteiger partial charge in [0.2, 0.25) is 0 Å². The van der Waals surface area contributed by atoms with E-state index in [0.717, 1.165) is 12.5 Å². The minimum Gasteiger partial charge on any atom is -0.308 e. The van der Waals surface area contributed by atoms with Gasteiger partial charge in [0.25, 0.3) is 0 Å². The number of hydrogen-bond donors (Lipinski definition) is 1. The molecule has 2 rings (SSSR count). The summed E-state index contributed by atoms with van der Waals surface area (Å²) in [6.07, 6.45) is 6.55. The van der Waals surface area contributed by atoms with E-state index in [-0.39, 0.29) is 5.54 Å². The molecule has 1 saturated carbocycles. The van der Waals surface area contributed by atoms with Gasteiger partial charge in [0.05, 0.1) is 6.04 Å². The molecule has 1 fully saturated rings. The van der Waals surface area contributed by atoms with Crippen LogP contribution >= 0.6 is 11.3 Å². The van der Waals surface area contributed by atoms with Crippen molar-refractivity contribution in [1.82, 2.24) is 10.2 Å². The van der Waals surface area contributed by atoms with E-state index in [0.29, 0.717) is 6.04 Å². The van der Waals surface area contributed by atoms with Crippen molar-refractivity contribution in [2.24, 2.45) is 5.92 Å². The number of thiophene rings is 1. The predicted molar refractivity (Wildman–Crippen MR) is 89.4 cm³/mol. The van der Waals surface area contributed by atoms with Crippen LogP contribution in [0, 0.1) is 5.92 Å². The maximum atomic E-state index is 3.85. The second-order valence-electron chi connectivity index (χ2n) is 6.60. The summed E-state index contributed by atoms with van der Waals surface area (Å²) in [4.78, 5) is 4.00. The van der Waals surface area contributed by atoms with Gasteiger partial charge in [0.15, 0.2) is 0 Å². The number of nitrogens with zero attached hydrogens (tertiary/aromatic N) is 1. The molecule has 0 spiro atoms. The highest BCUT2D eigenvalue weighted by Gasteiger charge is 2.44. The van der Waals surface area contributed by atoms with Gasteiger partial charge in [0.1, 0.15) is 0 Å². The fourth-order valence-corrected chi connectivity index (χ4v) is 4.70. The summed E-state index contributed by atoms with van der Waals surface area (Å²) in [6.45, 7) is 5.78. The fourth-order valence-electron chi connectivity index (χ4n) is 3.79. The van der Waals surface area contributed by atoms with Crippen molar-refractivity contribution in [2.45, 2.75) is 57.5 Å². The van der Waals surface area contributed by atoms with Crippen LogP contribution in [0.2, 0.25) is 0 Å². The van der Waals surface area contributed by atoms with E-state index in [9.17, 15) is 0 Å². The molecule has 3 heteroatoms. The largest absolute Gasteiger partial charge is 0.308 e. The Morgan fingerprint density at radius 3 is 2.85 bits per heavy atom. The minimum atomic E-state index is 0.275. The lowest BCUT2D eigenvalue weighted by Crippen LogP contribution is -2.56. The van der Waals surface area contributed by atoms with Crippen LogP contribution < -0.4 is 5.32 Å². The van der Waals surface area contributed by atoms with Crippen LogP contribution in [0.1, 0.15) is 56.9 Å². The average molecular weight is 295 g/mol. The third-order valence-electron chi connectivity index (χ3n) is 4.86. The lowest BCUT2D eigenvalue weighted by atomic mass is 9.71. The monoisotopic (exact) mass is 294 g/mol. The second-order valence-corrected chi connectivity index (χ2v) is 7.58. The van der Waals surface area contributed by atoms with Crippen LogP contribution in [-0.4, -0.2) is 31.1 Å². The molecule has 0 aliphatic heterocycles. The van der Waals surface area contributed by atoms with Crippen molar-refractivity contribution < 1.29 is 0 Å². The van der Waals surface area contributed by atoms with Crippen molar-refractivity contribution in [3.8, 4) is 0 Å². The lowest BCUT2D eigenvalue weighted by Gasteiger charge is -2.50. The molecule has 0 saturated heterocycles. The molecule has 0 aromatic carbocycles. The first-order chi connectivity index (χ1) is 9.60. The predicted octanol–water partition coefficient (Wildman–Crippen LogP) is 4.30. The fraction of sp³-hybridized carbons (Fsp3) is 0.765. The maximum absolute atomic E-state index is 3.85. The van der Waals surface area contributed by atoms with E-state index in [2.05, 4.69) is 55.7 Å².